The maximum absolute atomic E-state index is 12.1. The predicted octanol–water partition coefficient (Wildman–Crippen LogP) is 0.717. The number of hydrogen-bond donors (Lipinski definition) is 1. The van der Waals surface area contributed by atoms with E-state index in [1.165, 1.54) is 6.42 Å². The van der Waals surface area contributed by atoms with E-state index in [0.717, 1.165) is 52.2 Å². The van der Waals surface area contributed by atoms with E-state index in [1.54, 1.807) is 6.20 Å². The Balaban J connectivity index is 1.79. The standard InChI is InChI=1S/C16H26N4O2/c1-14-4-2-3-6-20(14)13-15(12-17)16(21)18-5-7-19-8-10-22-11-9-19/h13-14H,2-11H2,1H3,(H,18,21)/b15-13-. The summed E-state index contributed by atoms with van der Waals surface area (Å²) in [6, 6.07) is 2.43. The van der Waals surface area contributed by atoms with Gasteiger partial charge < -0.3 is 15.0 Å². The summed E-state index contributed by atoms with van der Waals surface area (Å²) in [6.07, 6.45) is 5.19. The Morgan fingerprint density at radius 1 is 1.36 bits per heavy atom. The molecule has 1 unspecified atom stereocenters. The Hall–Kier alpha value is -1.58. The van der Waals surface area contributed by atoms with Gasteiger partial charge >= 0.3 is 0 Å². The van der Waals surface area contributed by atoms with Crippen LogP contribution in [0, 0.1) is 11.3 Å². The minimum absolute atomic E-state index is 0.204. The van der Waals surface area contributed by atoms with Gasteiger partial charge in [0.05, 0.1) is 13.2 Å². The number of nitriles is 1. The van der Waals surface area contributed by atoms with Crippen LogP contribution in [0.4, 0.5) is 0 Å². The molecule has 0 aromatic rings. The summed E-state index contributed by atoms with van der Waals surface area (Å²) < 4.78 is 5.29. The Labute approximate surface area is 132 Å². The molecule has 2 fully saturated rings. The average molecular weight is 306 g/mol. The number of carbonyl (C=O) groups is 1. The first-order valence-electron chi connectivity index (χ1n) is 8.16. The number of amides is 1. The number of morpholine rings is 1. The highest BCUT2D eigenvalue weighted by Crippen LogP contribution is 2.17. The fraction of sp³-hybridized carbons (Fsp3) is 0.750. The molecular formula is C16H26N4O2. The van der Waals surface area contributed by atoms with Gasteiger partial charge in [-0.3, -0.25) is 9.69 Å². The maximum atomic E-state index is 12.1. The lowest BCUT2D eigenvalue weighted by molar-refractivity contribution is -0.117. The molecule has 6 nitrogen and oxygen atoms in total. The smallest absolute Gasteiger partial charge is 0.263 e. The average Bonchev–Trinajstić information content (AvgIpc) is 2.55. The summed E-state index contributed by atoms with van der Waals surface area (Å²) in [4.78, 5) is 16.5. The van der Waals surface area contributed by atoms with Crippen molar-refractivity contribution in [3.8, 4) is 6.07 Å². The number of piperidine rings is 1. The second kappa shape index (κ2) is 8.76. The first kappa shape index (κ1) is 16.8. The SMILES string of the molecule is CC1CCCCN1/C=C(/C#N)C(=O)NCCN1CCOCC1. The molecule has 0 saturated carbocycles. The minimum atomic E-state index is -0.270. The van der Waals surface area contributed by atoms with E-state index in [2.05, 4.69) is 22.0 Å². The number of nitrogens with zero attached hydrogens (tertiary/aromatic N) is 3. The van der Waals surface area contributed by atoms with Crippen LogP contribution in [-0.2, 0) is 9.53 Å². The van der Waals surface area contributed by atoms with Crippen molar-refractivity contribution in [3.05, 3.63) is 11.8 Å². The van der Waals surface area contributed by atoms with E-state index in [9.17, 15) is 10.1 Å². The van der Waals surface area contributed by atoms with E-state index in [-0.39, 0.29) is 11.5 Å². The Morgan fingerprint density at radius 2 is 2.14 bits per heavy atom. The number of carbonyl (C=O) groups excluding carboxylic acids is 1. The molecule has 2 aliphatic rings. The van der Waals surface area contributed by atoms with Crippen LogP contribution >= 0.6 is 0 Å². The second-order valence-corrected chi connectivity index (χ2v) is 5.95. The number of nitrogens with one attached hydrogen (secondary N) is 1. The molecule has 1 N–H and O–H groups in total. The van der Waals surface area contributed by atoms with Gasteiger partial charge in [-0.25, -0.2) is 0 Å². The van der Waals surface area contributed by atoms with Crippen molar-refractivity contribution in [1.29, 1.82) is 5.26 Å². The zero-order valence-electron chi connectivity index (χ0n) is 13.4. The van der Waals surface area contributed by atoms with Crippen molar-refractivity contribution < 1.29 is 9.53 Å². The third kappa shape index (κ3) is 5.00. The quantitative estimate of drug-likeness (QED) is 0.599. The van der Waals surface area contributed by atoms with E-state index < -0.39 is 0 Å². The number of hydrogen-bond acceptors (Lipinski definition) is 5. The summed E-state index contributed by atoms with van der Waals surface area (Å²) in [5, 5.41) is 12.1. The molecule has 0 aliphatic carbocycles. The summed E-state index contributed by atoms with van der Waals surface area (Å²) in [5.41, 5.74) is 0.204. The fourth-order valence-electron chi connectivity index (χ4n) is 2.86. The summed E-state index contributed by atoms with van der Waals surface area (Å²) >= 11 is 0. The van der Waals surface area contributed by atoms with Crippen molar-refractivity contribution in [2.45, 2.75) is 32.2 Å². The van der Waals surface area contributed by atoms with Gasteiger partial charge in [-0.1, -0.05) is 0 Å². The summed E-state index contributed by atoms with van der Waals surface area (Å²) in [6.45, 7) is 7.74. The highest BCUT2D eigenvalue weighted by Gasteiger charge is 2.18. The normalized spacial score (nSPS) is 23.9. The predicted molar refractivity (Wildman–Crippen MR) is 84.0 cm³/mol. The molecule has 2 saturated heterocycles. The van der Waals surface area contributed by atoms with Crippen molar-refractivity contribution in [3.63, 3.8) is 0 Å². The molecule has 0 bridgehead atoms. The third-order valence-electron chi connectivity index (χ3n) is 4.33. The molecular weight excluding hydrogens is 280 g/mol. The van der Waals surface area contributed by atoms with Crippen LogP contribution in [0.5, 0.6) is 0 Å². The fourth-order valence-corrected chi connectivity index (χ4v) is 2.86. The van der Waals surface area contributed by atoms with Crippen LogP contribution in [0.1, 0.15) is 26.2 Å². The van der Waals surface area contributed by atoms with Gasteiger partial charge in [0.25, 0.3) is 5.91 Å². The lowest BCUT2D eigenvalue weighted by Crippen LogP contribution is -2.41. The molecule has 1 amide bonds. The molecule has 0 spiro atoms. The Bertz CT molecular complexity index is 438. The minimum Gasteiger partial charge on any atom is -0.379 e. The van der Waals surface area contributed by atoms with Crippen molar-refractivity contribution >= 4 is 5.91 Å². The number of ether oxygens (including phenoxy) is 1. The lowest BCUT2D eigenvalue weighted by Gasteiger charge is -2.32. The lowest BCUT2D eigenvalue weighted by atomic mass is 10.0. The number of likely N-dealkylation sites (tertiary alicyclic amines) is 1. The van der Waals surface area contributed by atoms with Gasteiger partial charge in [0.15, 0.2) is 0 Å². The Kier molecular flexibility index (Phi) is 6.69. The van der Waals surface area contributed by atoms with Gasteiger partial charge in [0.1, 0.15) is 11.6 Å². The maximum Gasteiger partial charge on any atom is 0.263 e. The van der Waals surface area contributed by atoms with Crippen LogP contribution in [-0.4, -0.2) is 67.7 Å². The van der Waals surface area contributed by atoms with Crippen LogP contribution < -0.4 is 5.32 Å². The van der Waals surface area contributed by atoms with Crippen molar-refractivity contribution in [1.82, 2.24) is 15.1 Å². The number of rotatable bonds is 5. The molecule has 122 valence electrons. The monoisotopic (exact) mass is 306 g/mol. The van der Waals surface area contributed by atoms with Crippen LogP contribution in [0.25, 0.3) is 0 Å². The van der Waals surface area contributed by atoms with Gasteiger partial charge in [0, 0.05) is 45.0 Å². The van der Waals surface area contributed by atoms with Crippen molar-refractivity contribution in [2.24, 2.45) is 0 Å². The molecule has 0 aromatic heterocycles. The molecule has 1 atom stereocenters. The van der Waals surface area contributed by atoms with Crippen LogP contribution in [0.3, 0.4) is 0 Å². The molecule has 2 rings (SSSR count). The van der Waals surface area contributed by atoms with Gasteiger partial charge in [-0.05, 0) is 26.2 Å². The zero-order chi connectivity index (χ0) is 15.8. The first-order chi connectivity index (χ1) is 10.7. The van der Waals surface area contributed by atoms with Gasteiger partial charge in [0.2, 0.25) is 0 Å². The molecule has 6 heteroatoms. The molecule has 2 aliphatic heterocycles. The molecule has 2 heterocycles. The molecule has 22 heavy (non-hydrogen) atoms. The van der Waals surface area contributed by atoms with E-state index in [1.807, 2.05) is 6.07 Å². The van der Waals surface area contributed by atoms with Crippen LogP contribution in [0.15, 0.2) is 11.8 Å². The molecule has 0 radical (unpaired) electrons. The van der Waals surface area contributed by atoms with Gasteiger partial charge in [-0.2, -0.15) is 5.26 Å². The highest BCUT2D eigenvalue weighted by atomic mass is 16.5. The summed E-state index contributed by atoms with van der Waals surface area (Å²) in [7, 11) is 0. The Morgan fingerprint density at radius 3 is 2.82 bits per heavy atom. The first-order valence-corrected chi connectivity index (χ1v) is 8.16. The van der Waals surface area contributed by atoms with Gasteiger partial charge in [-0.15, -0.1) is 0 Å². The topological polar surface area (TPSA) is 68.6 Å². The summed E-state index contributed by atoms with van der Waals surface area (Å²) in [5.74, 6) is -0.270. The van der Waals surface area contributed by atoms with E-state index in [4.69, 9.17) is 4.74 Å². The van der Waals surface area contributed by atoms with Crippen LogP contribution in [0.2, 0.25) is 0 Å². The zero-order valence-corrected chi connectivity index (χ0v) is 13.4. The second-order valence-electron chi connectivity index (χ2n) is 5.95. The third-order valence-corrected chi connectivity index (χ3v) is 4.33. The molecule has 0 aromatic carbocycles. The highest BCUT2D eigenvalue weighted by molar-refractivity contribution is 5.97. The van der Waals surface area contributed by atoms with E-state index in [0.29, 0.717) is 12.6 Å². The van der Waals surface area contributed by atoms with E-state index >= 15 is 0 Å². The largest absolute Gasteiger partial charge is 0.379 e. The van der Waals surface area contributed by atoms with Crippen molar-refractivity contribution in [2.75, 3.05) is 45.9 Å².